The van der Waals surface area contributed by atoms with Crippen LogP contribution >= 0.6 is 0 Å². The maximum atomic E-state index is 2.47. The van der Waals surface area contributed by atoms with Crippen LogP contribution in [0.15, 0.2) is 279 Å². The quantitative estimate of drug-likeness (QED) is 0.138. The third-order valence-corrected chi connectivity index (χ3v) is 15.7. The van der Waals surface area contributed by atoms with Crippen LogP contribution in [-0.2, 0) is 5.41 Å². The summed E-state index contributed by atoms with van der Waals surface area (Å²) in [6, 6.07) is 104. The highest BCUT2D eigenvalue weighted by atomic mass is 15.1. The summed E-state index contributed by atoms with van der Waals surface area (Å²) in [7, 11) is 0. The van der Waals surface area contributed by atoms with Crippen LogP contribution in [0.25, 0.3) is 93.2 Å². The standard InChI is InChI=1S/C71H46N2/c1-4-19-55(20-5-1)71(56-21-6-2-7-22-56)65-28-12-10-26-61(65)62-40-39-60(46-66(62)71)72(59-25-15-18-50(44-59)54-42-52-32-30-48-16-14-17-49-31-33-53(43-54)70(52)69(48)49)58-37-34-47(35-38-58)51-36-41-68-64(45-51)63-27-11-13-29-67(63)73(68)57-23-8-3-9-24-57/h1-46H. The second-order valence-electron chi connectivity index (χ2n) is 19.6. The second-order valence-corrected chi connectivity index (χ2v) is 19.6. The van der Waals surface area contributed by atoms with E-state index in [2.05, 4.69) is 289 Å². The fourth-order valence-electron chi connectivity index (χ4n) is 12.6. The Bertz CT molecular complexity index is 4310. The lowest BCUT2D eigenvalue weighted by Gasteiger charge is -2.35. The maximum Gasteiger partial charge on any atom is 0.0714 e. The summed E-state index contributed by atoms with van der Waals surface area (Å²) in [6.07, 6.45) is 0. The van der Waals surface area contributed by atoms with Crippen molar-refractivity contribution in [3.05, 3.63) is 301 Å². The molecule has 0 N–H and O–H groups in total. The third-order valence-electron chi connectivity index (χ3n) is 15.7. The van der Waals surface area contributed by atoms with E-state index in [4.69, 9.17) is 0 Å². The number of aromatic nitrogens is 1. The molecule has 14 aromatic rings. The molecule has 0 saturated heterocycles. The minimum absolute atomic E-state index is 0.534. The molecule has 0 bridgehead atoms. The molecule has 0 radical (unpaired) electrons. The van der Waals surface area contributed by atoms with Crippen molar-refractivity contribution >= 4 is 71.2 Å². The molecule has 0 saturated carbocycles. The van der Waals surface area contributed by atoms with Gasteiger partial charge in [-0.25, -0.2) is 0 Å². The van der Waals surface area contributed by atoms with Crippen LogP contribution in [0.3, 0.4) is 0 Å². The van der Waals surface area contributed by atoms with Crippen molar-refractivity contribution in [2.45, 2.75) is 5.41 Å². The van der Waals surface area contributed by atoms with E-state index in [0.717, 1.165) is 22.7 Å². The van der Waals surface area contributed by atoms with E-state index in [1.54, 1.807) is 0 Å². The van der Waals surface area contributed by atoms with Gasteiger partial charge in [-0.1, -0.05) is 200 Å². The van der Waals surface area contributed by atoms with Gasteiger partial charge in [0, 0.05) is 33.5 Å². The van der Waals surface area contributed by atoms with Gasteiger partial charge in [-0.2, -0.15) is 0 Å². The summed E-state index contributed by atoms with van der Waals surface area (Å²) in [5.41, 5.74) is 18.6. The lowest BCUT2D eigenvalue weighted by molar-refractivity contribution is 0.768. The summed E-state index contributed by atoms with van der Waals surface area (Å²) in [5, 5.41) is 10.2. The van der Waals surface area contributed by atoms with Crippen LogP contribution in [-0.4, -0.2) is 4.57 Å². The minimum Gasteiger partial charge on any atom is -0.310 e. The predicted octanol–water partition coefficient (Wildman–Crippen LogP) is 18.8. The molecule has 0 aliphatic heterocycles. The molecule has 13 aromatic carbocycles. The predicted molar refractivity (Wildman–Crippen MR) is 307 cm³/mol. The van der Waals surface area contributed by atoms with Crippen LogP contribution in [0, 0.1) is 0 Å². The number of nitrogens with zero attached hydrogens (tertiary/aromatic N) is 2. The van der Waals surface area contributed by atoms with E-state index in [-0.39, 0.29) is 0 Å². The SMILES string of the molecule is c1ccc(-n2c3ccccc3c3cc(-c4ccc(N(c5cccc(-c6cc7ccc8cccc9ccc(c6)c7c89)c5)c5ccc6c(c5)C(c5ccccc5)(c5ccccc5)c5ccccc5-6)cc4)ccc32)cc1. The fourth-order valence-corrected chi connectivity index (χ4v) is 12.6. The molecular formula is C71H46N2. The first-order chi connectivity index (χ1) is 36.2. The lowest BCUT2D eigenvalue weighted by atomic mass is 9.67. The molecule has 1 aliphatic rings. The molecule has 1 heterocycles. The number of fused-ring (bicyclic) bond motifs is 6. The largest absolute Gasteiger partial charge is 0.310 e. The van der Waals surface area contributed by atoms with Gasteiger partial charge in [0.05, 0.1) is 16.4 Å². The van der Waals surface area contributed by atoms with Gasteiger partial charge < -0.3 is 9.47 Å². The molecule has 1 aromatic heterocycles. The maximum absolute atomic E-state index is 2.47. The van der Waals surface area contributed by atoms with Gasteiger partial charge in [-0.15, -0.1) is 0 Å². The van der Waals surface area contributed by atoms with Crippen LogP contribution < -0.4 is 4.90 Å². The summed E-state index contributed by atoms with van der Waals surface area (Å²) < 4.78 is 2.38. The lowest BCUT2D eigenvalue weighted by Crippen LogP contribution is -2.28. The highest BCUT2D eigenvalue weighted by Gasteiger charge is 2.46. The fraction of sp³-hybridized carbons (Fsp3) is 0.0141. The van der Waals surface area contributed by atoms with E-state index in [1.807, 2.05) is 0 Å². The van der Waals surface area contributed by atoms with Gasteiger partial charge in [0.1, 0.15) is 0 Å². The van der Waals surface area contributed by atoms with E-state index in [9.17, 15) is 0 Å². The Hall–Kier alpha value is -9.50. The van der Waals surface area contributed by atoms with E-state index < -0.39 is 5.41 Å². The molecule has 0 fully saturated rings. The summed E-state index contributed by atoms with van der Waals surface area (Å²) in [6.45, 7) is 0. The zero-order valence-electron chi connectivity index (χ0n) is 40.0. The van der Waals surface area contributed by atoms with E-state index >= 15 is 0 Å². The van der Waals surface area contributed by atoms with Crippen LogP contribution in [0.4, 0.5) is 17.1 Å². The third kappa shape index (κ3) is 6.30. The molecule has 0 unspecified atom stereocenters. The van der Waals surface area contributed by atoms with E-state index in [1.165, 1.54) is 110 Å². The highest BCUT2D eigenvalue weighted by molar-refractivity contribution is 6.23. The van der Waals surface area contributed by atoms with E-state index in [0.29, 0.717) is 0 Å². The molecule has 73 heavy (non-hydrogen) atoms. The number of para-hydroxylation sites is 2. The van der Waals surface area contributed by atoms with Gasteiger partial charge in [0.2, 0.25) is 0 Å². The number of rotatable bonds is 8. The van der Waals surface area contributed by atoms with Gasteiger partial charge in [0.15, 0.2) is 0 Å². The Morgan fingerprint density at radius 1 is 0.288 bits per heavy atom. The number of benzene rings is 13. The average Bonchev–Trinajstić information content (AvgIpc) is 3.97. The van der Waals surface area contributed by atoms with Gasteiger partial charge in [0.25, 0.3) is 0 Å². The molecule has 0 amide bonds. The molecule has 2 heteroatoms. The molecule has 1 aliphatic carbocycles. The van der Waals surface area contributed by atoms with Crippen LogP contribution in [0.1, 0.15) is 22.3 Å². The Labute approximate surface area is 424 Å². The van der Waals surface area contributed by atoms with Crippen molar-refractivity contribution in [3.63, 3.8) is 0 Å². The van der Waals surface area contributed by atoms with Crippen molar-refractivity contribution in [1.82, 2.24) is 4.57 Å². The molecule has 0 spiro atoms. The molecule has 340 valence electrons. The Morgan fingerprint density at radius 2 is 0.836 bits per heavy atom. The van der Waals surface area contributed by atoms with Crippen molar-refractivity contribution in [3.8, 4) is 39.1 Å². The monoisotopic (exact) mass is 926 g/mol. The molecule has 0 atom stereocenters. The first-order valence-corrected chi connectivity index (χ1v) is 25.3. The van der Waals surface area contributed by atoms with Gasteiger partial charge in [-0.3, -0.25) is 0 Å². The Balaban J connectivity index is 0.910. The minimum atomic E-state index is -0.534. The Morgan fingerprint density at radius 3 is 1.58 bits per heavy atom. The number of hydrogen-bond acceptors (Lipinski definition) is 1. The first-order valence-electron chi connectivity index (χ1n) is 25.3. The van der Waals surface area contributed by atoms with Crippen molar-refractivity contribution in [2.24, 2.45) is 0 Å². The Kier molecular flexibility index (Phi) is 9.21. The smallest absolute Gasteiger partial charge is 0.0714 e. The zero-order chi connectivity index (χ0) is 48.0. The zero-order valence-corrected chi connectivity index (χ0v) is 40.0. The van der Waals surface area contributed by atoms with Crippen LogP contribution in [0.2, 0.25) is 0 Å². The number of hydrogen-bond donors (Lipinski definition) is 0. The van der Waals surface area contributed by atoms with Crippen molar-refractivity contribution in [1.29, 1.82) is 0 Å². The van der Waals surface area contributed by atoms with Gasteiger partial charge in [-0.05, 0) is 167 Å². The average molecular weight is 927 g/mol. The van der Waals surface area contributed by atoms with Gasteiger partial charge >= 0.3 is 0 Å². The normalized spacial score (nSPS) is 12.8. The van der Waals surface area contributed by atoms with Crippen molar-refractivity contribution in [2.75, 3.05) is 4.90 Å². The summed E-state index contributed by atoms with van der Waals surface area (Å²) in [4.78, 5) is 2.46. The highest BCUT2D eigenvalue weighted by Crippen LogP contribution is 2.57. The van der Waals surface area contributed by atoms with Crippen molar-refractivity contribution < 1.29 is 0 Å². The molecule has 15 rings (SSSR count). The van der Waals surface area contributed by atoms with Crippen LogP contribution in [0.5, 0.6) is 0 Å². The summed E-state index contributed by atoms with van der Waals surface area (Å²) >= 11 is 0. The first kappa shape index (κ1) is 41.3. The summed E-state index contributed by atoms with van der Waals surface area (Å²) in [5.74, 6) is 0. The number of anilines is 3. The topological polar surface area (TPSA) is 8.17 Å². The second kappa shape index (κ2) is 16.3. The molecular weight excluding hydrogens is 881 g/mol. The molecule has 2 nitrogen and oxygen atoms in total.